The van der Waals surface area contributed by atoms with E-state index in [0.717, 1.165) is 10.8 Å². The highest BCUT2D eigenvalue weighted by molar-refractivity contribution is 5.99. The Labute approximate surface area is 150 Å². The van der Waals surface area contributed by atoms with Gasteiger partial charge in [-0.2, -0.15) is 5.26 Å². The molecular weight excluding hydrogens is 328 g/mol. The summed E-state index contributed by atoms with van der Waals surface area (Å²) in [6, 6.07) is 21.4. The molecule has 128 valence electrons. The first-order valence-electron chi connectivity index (χ1n) is 8.07. The summed E-state index contributed by atoms with van der Waals surface area (Å²) in [4.78, 5) is 24.5. The van der Waals surface area contributed by atoms with Gasteiger partial charge in [0.2, 0.25) is 0 Å². The molecule has 0 fully saturated rings. The fraction of sp³-hybridized carbons (Fsp3) is 0.0952. The topological polar surface area (TPSA) is 79.2 Å². The quantitative estimate of drug-likeness (QED) is 0.728. The zero-order valence-corrected chi connectivity index (χ0v) is 14.1. The summed E-state index contributed by atoms with van der Waals surface area (Å²) >= 11 is 0. The minimum Gasteiger partial charge on any atom is -0.449 e. The summed E-state index contributed by atoms with van der Waals surface area (Å²) in [5.41, 5.74) is 1.29. The van der Waals surface area contributed by atoms with Gasteiger partial charge in [-0.25, -0.2) is 4.79 Å². The van der Waals surface area contributed by atoms with E-state index in [1.54, 1.807) is 36.4 Å². The maximum Gasteiger partial charge on any atom is 0.338 e. The van der Waals surface area contributed by atoms with Gasteiger partial charge >= 0.3 is 5.97 Å². The minimum absolute atomic E-state index is 0.384. The third-order valence-electron chi connectivity index (χ3n) is 3.90. The smallest absolute Gasteiger partial charge is 0.338 e. The predicted octanol–water partition coefficient (Wildman–Crippen LogP) is 3.90. The molecule has 0 bridgehead atoms. The second-order valence-corrected chi connectivity index (χ2v) is 5.79. The van der Waals surface area contributed by atoms with E-state index in [1.165, 1.54) is 6.92 Å². The Kier molecular flexibility index (Phi) is 4.95. The van der Waals surface area contributed by atoms with Crippen molar-refractivity contribution in [3.63, 3.8) is 0 Å². The lowest BCUT2D eigenvalue weighted by Gasteiger charge is -2.14. The van der Waals surface area contributed by atoms with Crippen LogP contribution in [0.3, 0.4) is 0 Å². The number of ether oxygens (including phenoxy) is 1. The SMILES string of the molecule is C[C@@H](OC(=O)c1ccc2ccccc2c1)C(=O)Nc1cccc(C#N)c1. The van der Waals surface area contributed by atoms with E-state index < -0.39 is 18.0 Å². The monoisotopic (exact) mass is 344 g/mol. The average Bonchev–Trinajstić information content (AvgIpc) is 2.67. The lowest BCUT2D eigenvalue weighted by atomic mass is 10.1. The van der Waals surface area contributed by atoms with E-state index in [4.69, 9.17) is 10.00 Å². The van der Waals surface area contributed by atoms with E-state index in [-0.39, 0.29) is 0 Å². The van der Waals surface area contributed by atoms with Crippen LogP contribution in [0.4, 0.5) is 5.69 Å². The van der Waals surface area contributed by atoms with Crippen molar-refractivity contribution in [3.8, 4) is 6.07 Å². The van der Waals surface area contributed by atoms with Crippen LogP contribution in [-0.4, -0.2) is 18.0 Å². The number of esters is 1. The van der Waals surface area contributed by atoms with E-state index >= 15 is 0 Å². The number of carbonyl (C=O) groups excluding carboxylic acids is 2. The van der Waals surface area contributed by atoms with Gasteiger partial charge in [0.25, 0.3) is 5.91 Å². The van der Waals surface area contributed by atoms with Crippen molar-refractivity contribution in [1.82, 2.24) is 0 Å². The van der Waals surface area contributed by atoms with Crippen molar-refractivity contribution >= 4 is 28.3 Å². The van der Waals surface area contributed by atoms with Crippen LogP contribution >= 0.6 is 0 Å². The van der Waals surface area contributed by atoms with Crippen LogP contribution in [0.5, 0.6) is 0 Å². The van der Waals surface area contributed by atoms with Crippen LogP contribution in [0.1, 0.15) is 22.8 Å². The predicted molar refractivity (Wildman–Crippen MR) is 98.6 cm³/mol. The van der Waals surface area contributed by atoms with Gasteiger partial charge in [-0.05, 0) is 48.0 Å². The van der Waals surface area contributed by atoms with Gasteiger partial charge in [0.05, 0.1) is 17.2 Å². The van der Waals surface area contributed by atoms with Crippen molar-refractivity contribution in [1.29, 1.82) is 5.26 Å². The number of amides is 1. The number of benzene rings is 3. The number of hydrogen-bond acceptors (Lipinski definition) is 4. The Balaban J connectivity index is 1.67. The highest BCUT2D eigenvalue weighted by Gasteiger charge is 2.19. The van der Waals surface area contributed by atoms with Crippen LogP contribution < -0.4 is 5.32 Å². The number of nitriles is 1. The van der Waals surface area contributed by atoms with Gasteiger partial charge in [-0.1, -0.05) is 36.4 Å². The van der Waals surface area contributed by atoms with Gasteiger partial charge < -0.3 is 10.1 Å². The lowest BCUT2D eigenvalue weighted by Crippen LogP contribution is -2.30. The average molecular weight is 344 g/mol. The Morgan fingerprint density at radius 2 is 1.77 bits per heavy atom. The molecule has 5 nitrogen and oxygen atoms in total. The third kappa shape index (κ3) is 3.87. The molecular formula is C21H16N2O3. The van der Waals surface area contributed by atoms with Gasteiger partial charge in [0.1, 0.15) is 0 Å². The summed E-state index contributed by atoms with van der Waals surface area (Å²) < 4.78 is 5.26. The lowest BCUT2D eigenvalue weighted by molar-refractivity contribution is -0.123. The number of nitrogens with zero attached hydrogens (tertiary/aromatic N) is 1. The van der Waals surface area contributed by atoms with Crippen molar-refractivity contribution < 1.29 is 14.3 Å². The summed E-state index contributed by atoms with van der Waals surface area (Å²) in [5, 5.41) is 13.5. The van der Waals surface area contributed by atoms with Gasteiger partial charge in [0.15, 0.2) is 6.10 Å². The van der Waals surface area contributed by atoms with Crippen molar-refractivity contribution in [2.75, 3.05) is 5.32 Å². The maximum absolute atomic E-state index is 12.3. The standard InChI is InChI=1S/C21H16N2O3/c1-14(20(24)23-19-8-4-5-15(11-19)13-22)26-21(25)18-10-9-16-6-2-3-7-17(16)12-18/h2-12,14H,1H3,(H,23,24)/t14-/m1/s1. The van der Waals surface area contributed by atoms with Crippen molar-refractivity contribution in [2.45, 2.75) is 13.0 Å². The van der Waals surface area contributed by atoms with Gasteiger partial charge in [-0.15, -0.1) is 0 Å². The van der Waals surface area contributed by atoms with Crippen LogP contribution in [0, 0.1) is 11.3 Å². The van der Waals surface area contributed by atoms with Crippen LogP contribution in [0.2, 0.25) is 0 Å². The molecule has 26 heavy (non-hydrogen) atoms. The molecule has 3 aromatic carbocycles. The first kappa shape index (κ1) is 17.2. The first-order chi connectivity index (χ1) is 12.6. The number of carbonyl (C=O) groups is 2. The molecule has 0 unspecified atom stereocenters. The summed E-state index contributed by atoms with van der Waals surface area (Å²) in [7, 11) is 0. The second-order valence-electron chi connectivity index (χ2n) is 5.79. The molecule has 0 saturated carbocycles. The zero-order valence-electron chi connectivity index (χ0n) is 14.1. The van der Waals surface area contributed by atoms with Crippen molar-refractivity contribution in [2.24, 2.45) is 0 Å². The van der Waals surface area contributed by atoms with Crippen LogP contribution in [-0.2, 0) is 9.53 Å². The fourth-order valence-corrected chi connectivity index (χ4v) is 2.51. The second kappa shape index (κ2) is 7.49. The largest absolute Gasteiger partial charge is 0.449 e. The van der Waals surface area contributed by atoms with Crippen LogP contribution in [0.25, 0.3) is 10.8 Å². The molecule has 1 N–H and O–H groups in total. The number of nitrogens with one attached hydrogen (secondary N) is 1. The normalized spacial score (nSPS) is 11.4. The maximum atomic E-state index is 12.3. The van der Waals surface area contributed by atoms with E-state index in [0.29, 0.717) is 16.8 Å². The summed E-state index contributed by atoms with van der Waals surface area (Å²) in [6.07, 6.45) is -0.972. The Bertz CT molecular complexity index is 1020. The van der Waals surface area contributed by atoms with E-state index in [9.17, 15) is 9.59 Å². The van der Waals surface area contributed by atoms with E-state index in [2.05, 4.69) is 5.32 Å². The van der Waals surface area contributed by atoms with Crippen LogP contribution in [0.15, 0.2) is 66.7 Å². The molecule has 3 rings (SSSR count). The fourth-order valence-electron chi connectivity index (χ4n) is 2.51. The number of rotatable bonds is 4. The van der Waals surface area contributed by atoms with Gasteiger partial charge in [0, 0.05) is 5.69 Å². The van der Waals surface area contributed by atoms with E-state index in [1.807, 2.05) is 36.4 Å². The Hall–Kier alpha value is -3.65. The highest BCUT2D eigenvalue weighted by Crippen LogP contribution is 2.17. The number of fused-ring (bicyclic) bond motifs is 1. The highest BCUT2D eigenvalue weighted by atomic mass is 16.5. The molecule has 0 saturated heterocycles. The molecule has 0 heterocycles. The Morgan fingerprint density at radius 3 is 2.54 bits per heavy atom. The number of anilines is 1. The molecule has 0 radical (unpaired) electrons. The molecule has 0 aliphatic carbocycles. The molecule has 0 aromatic heterocycles. The third-order valence-corrected chi connectivity index (χ3v) is 3.90. The van der Waals surface area contributed by atoms with Gasteiger partial charge in [-0.3, -0.25) is 4.79 Å². The molecule has 0 spiro atoms. The first-order valence-corrected chi connectivity index (χ1v) is 8.07. The summed E-state index contributed by atoms with van der Waals surface area (Å²) in [6.45, 7) is 1.50. The summed E-state index contributed by atoms with van der Waals surface area (Å²) in [5.74, 6) is -1.03. The Morgan fingerprint density at radius 1 is 1.00 bits per heavy atom. The number of hydrogen-bond donors (Lipinski definition) is 1. The zero-order chi connectivity index (χ0) is 18.5. The molecule has 1 amide bonds. The molecule has 0 aliphatic heterocycles. The van der Waals surface area contributed by atoms with Crippen molar-refractivity contribution in [3.05, 3.63) is 77.9 Å². The molecule has 5 heteroatoms. The molecule has 0 aliphatic rings. The minimum atomic E-state index is -0.972. The molecule has 1 atom stereocenters. The molecule has 3 aromatic rings.